The standard InChI is InChI=1S/C18H24FN3O2/c1-14(23)15-4-5-17(16(19)12-15)21-10-8-20(9-11-21)13-18(24)22-6-2-3-7-22/h4-5,12H,2-3,6-11,13H2,1H3. The summed E-state index contributed by atoms with van der Waals surface area (Å²) in [5.41, 5.74) is 0.927. The first-order valence-electron chi connectivity index (χ1n) is 8.60. The Labute approximate surface area is 142 Å². The van der Waals surface area contributed by atoms with Crippen molar-refractivity contribution in [2.24, 2.45) is 0 Å². The zero-order chi connectivity index (χ0) is 17.1. The van der Waals surface area contributed by atoms with Crippen LogP contribution in [0.5, 0.6) is 0 Å². The van der Waals surface area contributed by atoms with Gasteiger partial charge in [0.15, 0.2) is 5.78 Å². The van der Waals surface area contributed by atoms with Crippen LogP contribution in [0.4, 0.5) is 10.1 Å². The summed E-state index contributed by atoms with van der Waals surface area (Å²) in [6, 6.07) is 4.65. The molecule has 2 fully saturated rings. The molecule has 1 aromatic rings. The van der Waals surface area contributed by atoms with Crippen LogP contribution in [-0.4, -0.2) is 67.3 Å². The number of halogens is 1. The third-order valence-electron chi connectivity index (χ3n) is 4.88. The van der Waals surface area contributed by atoms with Crippen LogP contribution in [0.3, 0.4) is 0 Å². The molecule has 130 valence electrons. The molecule has 6 heteroatoms. The van der Waals surface area contributed by atoms with Gasteiger partial charge in [0.1, 0.15) is 5.82 Å². The molecule has 0 unspecified atom stereocenters. The number of carbonyl (C=O) groups is 2. The van der Waals surface area contributed by atoms with Crippen molar-refractivity contribution < 1.29 is 14.0 Å². The van der Waals surface area contributed by atoms with Gasteiger partial charge in [0.05, 0.1) is 12.2 Å². The topological polar surface area (TPSA) is 43.9 Å². The summed E-state index contributed by atoms with van der Waals surface area (Å²) in [4.78, 5) is 29.6. The third kappa shape index (κ3) is 3.75. The van der Waals surface area contributed by atoms with Crippen LogP contribution in [0.25, 0.3) is 0 Å². The van der Waals surface area contributed by atoms with Gasteiger partial charge >= 0.3 is 0 Å². The minimum absolute atomic E-state index is 0.134. The number of benzene rings is 1. The number of rotatable bonds is 4. The second-order valence-electron chi connectivity index (χ2n) is 6.57. The van der Waals surface area contributed by atoms with Crippen molar-refractivity contribution in [3.8, 4) is 0 Å². The van der Waals surface area contributed by atoms with Crippen LogP contribution in [0.1, 0.15) is 30.1 Å². The van der Waals surface area contributed by atoms with Crippen LogP contribution < -0.4 is 4.90 Å². The van der Waals surface area contributed by atoms with Gasteiger partial charge in [-0.3, -0.25) is 14.5 Å². The van der Waals surface area contributed by atoms with Crippen LogP contribution >= 0.6 is 0 Å². The van der Waals surface area contributed by atoms with E-state index in [9.17, 15) is 14.0 Å². The summed E-state index contributed by atoms with van der Waals surface area (Å²) in [5, 5.41) is 0. The first-order valence-corrected chi connectivity index (χ1v) is 8.60. The van der Waals surface area contributed by atoms with Gasteiger partial charge in [0, 0.05) is 44.8 Å². The van der Waals surface area contributed by atoms with Gasteiger partial charge in [-0.05, 0) is 38.0 Å². The van der Waals surface area contributed by atoms with Crippen molar-refractivity contribution in [2.45, 2.75) is 19.8 Å². The minimum Gasteiger partial charge on any atom is -0.367 e. The molecule has 0 N–H and O–H groups in total. The van der Waals surface area contributed by atoms with Crippen LogP contribution in [-0.2, 0) is 4.79 Å². The summed E-state index contributed by atoms with van der Waals surface area (Å²) in [5.74, 6) is -0.284. The fourth-order valence-corrected chi connectivity index (χ4v) is 3.39. The third-order valence-corrected chi connectivity index (χ3v) is 4.88. The predicted molar refractivity (Wildman–Crippen MR) is 90.9 cm³/mol. The maximum atomic E-state index is 14.2. The Hall–Kier alpha value is -1.95. The number of anilines is 1. The highest BCUT2D eigenvalue weighted by Crippen LogP contribution is 2.22. The number of likely N-dealkylation sites (tertiary alicyclic amines) is 1. The number of amides is 1. The van der Waals surface area contributed by atoms with E-state index in [2.05, 4.69) is 4.90 Å². The van der Waals surface area contributed by atoms with E-state index in [4.69, 9.17) is 0 Å². The minimum atomic E-state index is -0.357. The van der Waals surface area contributed by atoms with E-state index in [1.807, 2.05) is 9.80 Å². The van der Waals surface area contributed by atoms with Crippen molar-refractivity contribution in [3.63, 3.8) is 0 Å². The number of ketones is 1. The number of nitrogens with zero attached hydrogens (tertiary/aromatic N) is 3. The van der Waals surface area contributed by atoms with Gasteiger partial charge in [-0.15, -0.1) is 0 Å². The molecular formula is C18H24FN3O2. The van der Waals surface area contributed by atoms with E-state index in [-0.39, 0.29) is 17.5 Å². The van der Waals surface area contributed by atoms with E-state index in [1.165, 1.54) is 13.0 Å². The van der Waals surface area contributed by atoms with Crippen LogP contribution in [0.2, 0.25) is 0 Å². The van der Waals surface area contributed by atoms with E-state index >= 15 is 0 Å². The molecule has 0 radical (unpaired) electrons. The Balaban J connectivity index is 1.55. The lowest BCUT2D eigenvalue weighted by Crippen LogP contribution is -2.50. The molecule has 5 nitrogen and oxygen atoms in total. The molecule has 1 aromatic carbocycles. The maximum Gasteiger partial charge on any atom is 0.236 e. The van der Waals surface area contributed by atoms with Crippen molar-refractivity contribution >= 4 is 17.4 Å². The first kappa shape index (κ1) is 16.9. The van der Waals surface area contributed by atoms with Gasteiger partial charge in [-0.1, -0.05) is 0 Å². The summed E-state index contributed by atoms with van der Waals surface area (Å²) in [6.07, 6.45) is 2.21. The van der Waals surface area contributed by atoms with Gasteiger partial charge in [-0.2, -0.15) is 0 Å². The largest absolute Gasteiger partial charge is 0.367 e. The lowest BCUT2D eigenvalue weighted by Gasteiger charge is -2.36. The normalized spacial score (nSPS) is 18.9. The molecule has 2 heterocycles. The van der Waals surface area contributed by atoms with E-state index in [0.29, 0.717) is 30.9 Å². The Kier molecular flexibility index (Phi) is 5.14. The zero-order valence-electron chi connectivity index (χ0n) is 14.1. The Bertz CT molecular complexity index is 621. The summed E-state index contributed by atoms with van der Waals surface area (Å²) in [7, 11) is 0. The Morgan fingerprint density at radius 1 is 1.04 bits per heavy atom. The first-order chi connectivity index (χ1) is 11.5. The fourth-order valence-electron chi connectivity index (χ4n) is 3.39. The van der Waals surface area contributed by atoms with Gasteiger partial charge in [-0.25, -0.2) is 4.39 Å². The SMILES string of the molecule is CC(=O)c1ccc(N2CCN(CC(=O)N3CCCC3)CC2)c(F)c1. The highest BCUT2D eigenvalue weighted by molar-refractivity contribution is 5.94. The quantitative estimate of drug-likeness (QED) is 0.788. The fraction of sp³-hybridized carbons (Fsp3) is 0.556. The second-order valence-corrected chi connectivity index (χ2v) is 6.57. The van der Waals surface area contributed by atoms with Crippen LogP contribution in [0.15, 0.2) is 18.2 Å². The van der Waals surface area contributed by atoms with Crippen molar-refractivity contribution in [3.05, 3.63) is 29.6 Å². The molecule has 0 saturated carbocycles. The lowest BCUT2D eigenvalue weighted by molar-refractivity contribution is -0.131. The number of carbonyl (C=O) groups excluding carboxylic acids is 2. The van der Waals surface area contributed by atoms with Crippen LogP contribution in [0, 0.1) is 5.82 Å². The Morgan fingerprint density at radius 3 is 2.29 bits per heavy atom. The van der Waals surface area contributed by atoms with Gasteiger partial charge in [0.2, 0.25) is 5.91 Å². The molecular weight excluding hydrogens is 309 g/mol. The lowest BCUT2D eigenvalue weighted by atomic mass is 10.1. The van der Waals surface area contributed by atoms with E-state index < -0.39 is 0 Å². The molecule has 2 aliphatic rings. The van der Waals surface area contributed by atoms with Crippen molar-refractivity contribution in [1.82, 2.24) is 9.80 Å². The highest BCUT2D eigenvalue weighted by atomic mass is 19.1. The predicted octanol–water partition coefficient (Wildman–Crippen LogP) is 1.77. The number of piperazine rings is 1. The molecule has 0 spiro atoms. The highest BCUT2D eigenvalue weighted by Gasteiger charge is 2.24. The summed E-state index contributed by atoms with van der Waals surface area (Å²) >= 11 is 0. The smallest absolute Gasteiger partial charge is 0.236 e. The maximum absolute atomic E-state index is 14.2. The van der Waals surface area contributed by atoms with Crippen molar-refractivity contribution in [1.29, 1.82) is 0 Å². The summed E-state index contributed by atoms with van der Waals surface area (Å²) in [6.45, 7) is 6.51. The number of hydrogen-bond donors (Lipinski definition) is 0. The molecule has 0 bridgehead atoms. The van der Waals surface area contributed by atoms with Gasteiger partial charge < -0.3 is 9.80 Å². The molecule has 1 amide bonds. The average molecular weight is 333 g/mol. The molecule has 3 rings (SSSR count). The van der Waals surface area contributed by atoms with E-state index in [1.54, 1.807) is 12.1 Å². The average Bonchev–Trinajstić information content (AvgIpc) is 3.10. The molecule has 0 atom stereocenters. The van der Waals surface area contributed by atoms with E-state index in [0.717, 1.165) is 39.0 Å². The van der Waals surface area contributed by atoms with Crippen molar-refractivity contribution in [2.75, 3.05) is 50.7 Å². The van der Waals surface area contributed by atoms with Gasteiger partial charge in [0.25, 0.3) is 0 Å². The Morgan fingerprint density at radius 2 is 1.71 bits per heavy atom. The molecule has 0 aromatic heterocycles. The molecule has 24 heavy (non-hydrogen) atoms. The monoisotopic (exact) mass is 333 g/mol. The zero-order valence-corrected chi connectivity index (χ0v) is 14.1. The molecule has 2 saturated heterocycles. The number of Topliss-reactive ketones (excluding diaryl/α,β-unsaturated/α-hetero) is 1. The summed E-state index contributed by atoms with van der Waals surface area (Å²) < 4.78 is 14.2. The molecule has 0 aliphatic carbocycles. The molecule has 2 aliphatic heterocycles. The number of hydrogen-bond acceptors (Lipinski definition) is 4. The second kappa shape index (κ2) is 7.30.